The molecule has 0 amide bonds. The highest BCUT2D eigenvalue weighted by molar-refractivity contribution is 7.26. The zero-order valence-corrected chi connectivity index (χ0v) is 24.0. The van der Waals surface area contributed by atoms with E-state index in [1.54, 1.807) is 0 Å². The smallest absolute Gasteiger partial charge is 0.145 e. The minimum Gasteiger partial charge on any atom is -0.455 e. The Balaban J connectivity index is 1.24. The van der Waals surface area contributed by atoms with Gasteiger partial charge in [0.05, 0.1) is 11.2 Å². The summed E-state index contributed by atoms with van der Waals surface area (Å²) in [5, 5.41) is 9.00. The molecule has 0 spiro atoms. The third kappa shape index (κ3) is 2.70. The number of aromatic nitrogens is 1. The summed E-state index contributed by atoms with van der Waals surface area (Å²) in [6.45, 7) is 0. The number of para-hydroxylation sites is 1. The van der Waals surface area contributed by atoms with E-state index in [0.29, 0.717) is 0 Å². The molecule has 0 radical (unpaired) electrons. The molecule has 3 aromatic heterocycles. The van der Waals surface area contributed by atoms with Crippen molar-refractivity contribution in [3.63, 3.8) is 0 Å². The first kappa shape index (κ1) is 22.5. The van der Waals surface area contributed by atoms with Gasteiger partial charge < -0.3 is 8.98 Å². The summed E-state index contributed by atoms with van der Waals surface area (Å²) >= 11 is 1.92. The summed E-state index contributed by atoms with van der Waals surface area (Å²) in [6, 6.07) is 38.1. The van der Waals surface area contributed by atoms with Gasteiger partial charge in [-0.05, 0) is 76.9 Å². The molecule has 0 aliphatic heterocycles. The fourth-order valence-corrected chi connectivity index (χ4v) is 9.32. The average Bonchev–Trinajstić information content (AvgIpc) is 3.80. The fourth-order valence-electron chi connectivity index (χ4n) is 8.06. The number of furan rings is 1. The van der Waals surface area contributed by atoms with Crippen molar-refractivity contribution in [2.45, 2.75) is 12.8 Å². The maximum atomic E-state index is 6.59. The van der Waals surface area contributed by atoms with Crippen molar-refractivity contribution >= 4 is 81.2 Å². The van der Waals surface area contributed by atoms with Crippen LogP contribution in [0.25, 0.3) is 97.8 Å². The number of hydrogen-bond acceptors (Lipinski definition) is 2. The van der Waals surface area contributed by atoms with E-state index in [1.165, 1.54) is 91.8 Å². The molecule has 6 aromatic carbocycles. The van der Waals surface area contributed by atoms with Gasteiger partial charge in [0.1, 0.15) is 11.2 Å². The van der Waals surface area contributed by atoms with Crippen molar-refractivity contribution in [1.82, 2.24) is 4.57 Å². The number of rotatable bonds is 1. The molecule has 0 saturated heterocycles. The van der Waals surface area contributed by atoms with Crippen LogP contribution in [-0.2, 0) is 6.42 Å². The van der Waals surface area contributed by atoms with Crippen LogP contribution in [0.4, 0.5) is 0 Å². The van der Waals surface area contributed by atoms with Gasteiger partial charge in [-0.2, -0.15) is 0 Å². The maximum absolute atomic E-state index is 6.59. The summed E-state index contributed by atoms with van der Waals surface area (Å²) in [6.07, 6.45) is 6.71. The second-order valence-corrected chi connectivity index (χ2v) is 13.0. The molecule has 2 nitrogen and oxygen atoms in total. The molecule has 9 aromatic rings. The number of benzene rings is 6. The number of hydrogen-bond donors (Lipinski definition) is 0. The highest BCUT2D eigenvalue weighted by Crippen LogP contribution is 2.54. The van der Waals surface area contributed by atoms with Crippen molar-refractivity contribution < 1.29 is 4.42 Å². The van der Waals surface area contributed by atoms with Crippen LogP contribution in [0.15, 0.2) is 114 Å². The molecule has 3 heterocycles. The van der Waals surface area contributed by atoms with E-state index in [9.17, 15) is 0 Å². The highest BCUT2D eigenvalue weighted by atomic mass is 32.1. The van der Waals surface area contributed by atoms with E-state index in [1.807, 2.05) is 11.3 Å². The van der Waals surface area contributed by atoms with Gasteiger partial charge in [0, 0.05) is 53.0 Å². The minimum absolute atomic E-state index is 0.952. The molecule has 200 valence electrons. The SMILES string of the molecule is C1=Cc2c(c3c4oc5ccccc5c4ccc3n2-c2ccc3c4c(cccc24)-c2c-3ccc3c2sc2ccccc23)CC1. The Morgan fingerprint density at radius 3 is 2.44 bits per heavy atom. The summed E-state index contributed by atoms with van der Waals surface area (Å²) < 4.78 is 11.8. The fraction of sp³-hybridized carbons (Fsp3) is 0.0500. The normalized spacial score (nSPS) is 13.8. The quantitative estimate of drug-likeness (QED) is 0.194. The predicted octanol–water partition coefficient (Wildman–Crippen LogP) is 11.7. The van der Waals surface area contributed by atoms with Gasteiger partial charge >= 0.3 is 0 Å². The lowest BCUT2D eigenvalue weighted by atomic mass is 9.99. The zero-order chi connectivity index (χ0) is 27.8. The molecule has 3 heteroatoms. The summed E-state index contributed by atoms with van der Waals surface area (Å²) in [4.78, 5) is 0. The Bertz CT molecular complexity index is 2730. The van der Waals surface area contributed by atoms with Gasteiger partial charge in [-0.15, -0.1) is 11.3 Å². The van der Waals surface area contributed by atoms with E-state index in [2.05, 4.69) is 120 Å². The largest absolute Gasteiger partial charge is 0.455 e. The molecular weight excluding hydrogens is 543 g/mol. The van der Waals surface area contributed by atoms with Gasteiger partial charge in [-0.25, -0.2) is 0 Å². The molecule has 0 unspecified atom stereocenters. The molecule has 2 aliphatic carbocycles. The first-order valence-corrected chi connectivity index (χ1v) is 15.8. The summed E-state index contributed by atoms with van der Waals surface area (Å²) in [5.74, 6) is 0. The van der Waals surface area contributed by atoms with Crippen molar-refractivity contribution in [1.29, 1.82) is 0 Å². The lowest BCUT2D eigenvalue weighted by Gasteiger charge is -2.15. The lowest BCUT2D eigenvalue weighted by Crippen LogP contribution is -2.01. The predicted molar refractivity (Wildman–Crippen MR) is 183 cm³/mol. The first-order chi connectivity index (χ1) is 21.3. The molecule has 2 aliphatic rings. The van der Waals surface area contributed by atoms with E-state index in [-0.39, 0.29) is 0 Å². The van der Waals surface area contributed by atoms with Crippen LogP contribution in [0, 0.1) is 0 Å². The van der Waals surface area contributed by atoms with E-state index >= 15 is 0 Å². The standard InChI is InChI=1S/C40H23NOS/c1-4-13-31-29(10-1)38-33(21-19-26-22-8-2-5-14-34(22)42-39(26)38)41(31)32-20-18-24-25-16-17-27-23-9-3-6-15-35(23)43-40(27)37(25)30-12-7-11-28(32)36(24)30/h2-9,11-21H,1,10H2. The second-order valence-electron chi connectivity index (χ2n) is 11.9. The average molecular weight is 566 g/mol. The lowest BCUT2D eigenvalue weighted by molar-refractivity contribution is 0.672. The Hall–Kier alpha value is -5.12. The Labute approximate surface area is 250 Å². The van der Waals surface area contributed by atoms with Gasteiger partial charge in [0.15, 0.2) is 0 Å². The molecule has 0 bridgehead atoms. The van der Waals surface area contributed by atoms with E-state index < -0.39 is 0 Å². The van der Waals surface area contributed by atoms with Crippen LogP contribution in [0.5, 0.6) is 0 Å². The second kappa shape index (κ2) is 7.83. The Morgan fingerprint density at radius 1 is 0.628 bits per heavy atom. The molecule has 0 saturated carbocycles. The topological polar surface area (TPSA) is 18.1 Å². The first-order valence-electron chi connectivity index (χ1n) is 15.0. The van der Waals surface area contributed by atoms with Crippen LogP contribution >= 0.6 is 11.3 Å². The molecule has 43 heavy (non-hydrogen) atoms. The van der Waals surface area contributed by atoms with Crippen LogP contribution in [-0.4, -0.2) is 4.57 Å². The van der Waals surface area contributed by atoms with Crippen LogP contribution in [0.3, 0.4) is 0 Å². The van der Waals surface area contributed by atoms with Gasteiger partial charge in [-0.1, -0.05) is 78.9 Å². The number of nitrogens with zero attached hydrogens (tertiary/aromatic N) is 1. The van der Waals surface area contributed by atoms with Crippen molar-refractivity contribution in [3.05, 3.63) is 120 Å². The summed E-state index contributed by atoms with van der Waals surface area (Å²) in [7, 11) is 0. The van der Waals surface area contributed by atoms with Crippen molar-refractivity contribution in [3.8, 4) is 27.9 Å². The van der Waals surface area contributed by atoms with Gasteiger partial charge in [0.2, 0.25) is 0 Å². The van der Waals surface area contributed by atoms with E-state index in [0.717, 1.165) is 24.0 Å². The zero-order valence-electron chi connectivity index (χ0n) is 23.1. The van der Waals surface area contributed by atoms with Gasteiger partial charge in [0.25, 0.3) is 0 Å². The minimum atomic E-state index is 0.952. The van der Waals surface area contributed by atoms with Crippen LogP contribution < -0.4 is 0 Å². The van der Waals surface area contributed by atoms with Crippen LogP contribution in [0.1, 0.15) is 17.7 Å². The summed E-state index contributed by atoms with van der Waals surface area (Å²) in [5.41, 5.74) is 12.5. The Morgan fingerprint density at radius 2 is 1.47 bits per heavy atom. The molecule has 0 N–H and O–H groups in total. The third-order valence-electron chi connectivity index (χ3n) is 9.82. The number of allylic oxidation sites excluding steroid dienone is 1. The monoisotopic (exact) mass is 565 g/mol. The number of aryl methyl sites for hydroxylation is 1. The highest BCUT2D eigenvalue weighted by Gasteiger charge is 2.28. The van der Waals surface area contributed by atoms with E-state index in [4.69, 9.17) is 4.42 Å². The molecule has 11 rings (SSSR count). The third-order valence-corrected chi connectivity index (χ3v) is 11.0. The maximum Gasteiger partial charge on any atom is 0.145 e. The molecular formula is C40H23NOS. The Kier molecular flexibility index (Phi) is 4.09. The number of thiophene rings is 1. The number of fused-ring (bicyclic) bond motifs is 14. The van der Waals surface area contributed by atoms with Crippen LogP contribution in [0.2, 0.25) is 0 Å². The van der Waals surface area contributed by atoms with Crippen molar-refractivity contribution in [2.24, 2.45) is 0 Å². The van der Waals surface area contributed by atoms with Gasteiger partial charge in [-0.3, -0.25) is 0 Å². The molecule has 0 fully saturated rings. The van der Waals surface area contributed by atoms with Crippen molar-refractivity contribution in [2.75, 3.05) is 0 Å². The molecule has 0 atom stereocenters.